The van der Waals surface area contributed by atoms with Gasteiger partial charge in [-0.15, -0.1) is 0 Å². The van der Waals surface area contributed by atoms with Crippen molar-refractivity contribution in [3.8, 4) is 22.6 Å². The summed E-state index contributed by atoms with van der Waals surface area (Å²) in [7, 11) is 1.49. The lowest BCUT2D eigenvalue weighted by atomic mass is 9.95. The molecule has 0 spiro atoms. The molecule has 0 bridgehead atoms. The molecule has 0 aromatic heterocycles. The second-order valence-electron chi connectivity index (χ2n) is 7.10. The monoisotopic (exact) mass is 410 g/mol. The van der Waals surface area contributed by atoms with E-state index in [1.54, 1.807) is 19.1 Å². The van der Waals surface area contributed by atoms with E-state index in [-0.39, 0.29) is 11.9 Å². The molecule has 0 saturated heterocycles. The number of hydrogen-bond acceptors (Lipinski definition) is 3. The van der Waals surface area contributed by atoms with Crippen LogP contribution in [0.4, 0.5) is 4.39 Å². The molecule has 0 amide bonds. The second-order valence-corrected chi connectivity index (χ2v) is 7.50. The van der Waals surface area contributed by atoms with Crippen molar-refractivity contribution in [2.75, 3.05) is 7.11 Å². The summed E-state index contributed by atoms with van der Waals surface area (Å²) in [5, 5.41) is 0.349. The average molecular weight is 411 g/mol. The standard InChI is InChI=1S/C24H20ClFO3/c1-14-5-3-8-19(24(14)26)16-6-4-7-18-17(16)9-10-21(18)29-23-12-22(28-2)15(13-27)11-20(23)25/h3-8,11-13,21H,9-10H2,1-2H3/t21-/m0/s1. The summed E-state index contributed by atoms with van der Waals surface area (Å²) in [6.07, 6.45) is 2.03. The largest absolute Gasteiger partial charge is 0.496 e. The molecular formula is C24H20ClFO3. The highest BCUT2D eigenvalue weighted by molar-refractivity contribution is 6.32. The SMILES string of the molecule is COc1cc(O[C@H]2CCc3c(-c4cccc(C)c4F)cccc32)c(Cl)cc1C=O. The van der Waals surface area contributed by atoms with Crippen molar-refractivity contribution in [1.29, 1.82) is 0 Å². The van der Waals surface area contributed by atoms with Crippen LogP contribution in [0.25, 0.3) is 11.1 Å². The zero-order valence-corrected chi connectivity index (χ0v) is 16.9. The van der Waals surface area contributed by atoms with E-state index < -0.39 is 0 Å². The first-order valence-corrected chi connectivity index (χ1v) is 9.78. The number of aryl methyl sites for hydroxylation is 1. The Morgan fingerprint density at radius 1 is 1.10 bits per heavy atom. The number of rotatable bonds is 5. The van der Waals surface area contributed by atoms with Gasteiger partial charge in [0.15, 0.2) is 6.29 Å². The highest BCUT2D eigenvalue weighted by Gasteiger charge is 2.28. The molecule has 3 aromatic carbocycles. The Bertz CT molecular complexity index is 1090. The van der Waals surface area contributed by atoms with E-state index in [2.05, 4.69) is 0 Å². The smallest absolute Gasteiger partial charge is 0.153 e. The normalized spacial score (nSPS) is 15.1. The lowest BCUT2D eigenvalue weighted by Crippen LogP contribution is -2.05. The van der Waals surface area contributed by atoms with Gasteiger partial charge in [-0.25, -0.2) is 4.39 Å². The first-order chi connectivity index (χ1) is 14.0. The summed E-state index contributed by atoms with van der Waals surface area (Å²) in [6, 6.07) is 14.5. The van der Waals surface area contributed by atoms with Crippen LogP contribution in [-0.2, 0) is 6.42 Å². The molecule has 4 rings (SSSR count). The zero-order chi connectivity index (χ0) is 20.5. The molecule has 0 heterocycles. The van der Waals surface area contributed by atoms with Gasteiger partial charge in [0.1, 0.15) is 23.4 Å². The van der Waals surface area contributed by atoms with E-state index in [9.17, 15) is 9.18 Å². The first kappa shape index (κ1) is 19.5. The molecule has 1 aliphatic rings. The number of ether oxygens (including phenoxy) is 2. The Kier molecular flexibility index (Phi) is 5.29. The van der Waals surface area contributed by atoms with Crippen LogP contribution in [-0.4, -0.2) is 13.4 Å². The van der Waals surface area contributed by atoms with Crippen LogP contribution in [0.1, 0.15) is 39.6 Å². The fourth-order valence-electron chi connectivity index (χ4n) is 3.91. The van der Waals surface area contributed by atoms with E-state index in [1.165, 1.54) is 13.2 Å². The number of aldehydes is 1. The van der Waals surface area contributed by atoms with Gasteiger partial charge < -0.3 is 9.47 Å². The minimum atomic E-state index is -0.206. The van der Waals surface area contributed by atoms with Gasteiger partial charge >= 0.3 is 0 Å². The van der Waals surface area contributed by atoms with Crippen molar-refractivity contribution >= 4 is 17.9 Å². The lowest BCUT2D eigenvalue weighted by molar-refractivity contribution is 0.112. The summed E-state index contributed by atoms with van der Waals surface area (Å²) in [4.78, 5) is 11.2. The van der Waals surface area contributed by atoms with Gasteiger partial charge in [0.25, 0.3) is 0 Å². The third-order valence-electron chi connectivity index (χ3n) is 5.38. The summed E-state index contributed by atoms with van der Waals surface area (Å²) in [6.45, 7) is 1.77. The number of hydrogen-bond donors (Lipinski definition) is 0. The molecule has 0 radical (unpaired) electrons. The summed E-state index contributed by atoms with van der Waals surface area (Å²) >= 11 is 6.32. The molecule has 0 fully saturated rings. The maximum Gasteiger partial charge on any atom is 0.153 e. The predicted molar refractivity (Wildman–Crippen MR) is 112 cm³/mol. The van der Waals surface area contributed by atoms with Crippen molar-refractivity contribution in [3.05, 3.63) is 81.6 Å². The van der Waals surface area contributed by atoms with Crippen LogP contribution in [0.3, 0.4) is 0 Å². The number of carbonyl (C=O) groups is 1. The van der Waals surface area contributed by atoms with Gasteiger partial charge in [-0.3, -0.25) is 4.79 Å². The minimum absolute atomic E-state index is 0.192. The van der Waals surface area contributed by atoms with Crippen LogP contribution < -0.4 is 9.47 Å². The predicted octanol–water partition coefficient (Wildman–Crippen LogP) is 6.34. The molecule has 3 nitrogen and oxygen atoms in total. The molecule has 29 heavy (non-hydrogen) atoms. The molecule has 0 saturated carbocycles. The van der Waals surface area contributed by atoms with Crippen LogP contribution in [0.5, 0.6) is 11.5 Å². The van der Waals surface area contributed by atoms with Crippen molar-refractivity contribution in [2.24, 2.45) is 0 Å². The van der Waals surface area contributed by atoms with E-state index in [0.717, 1.165) is 29.5 Å². The van der Waals surface area contributed by atoms with E-state index >= 15 is 0 Å². The Hall–Kier alpha value is -2.85. The topological polar surface area (TPSA) is 35.5 Å². The van der Waals surface area contributed by atoms with Crippen LogP contribution in [0.15, 0.2) is 48.5 Å². The summed E-state index contributed by atoms with van der Waals surface area (Å²) < 4.78 is 26.2. The molecule has 1 atom stereocenters. The fourth-order valence-corrected chi connectivity index (χ4v) is 4.13. The van der Waals surface area contributed by atoms with Gasteiger partial charge in [0.05, 0.1) is 17.7 Å². The average Bonchev–Trinajstić information content (AvgIpc) is 3.14. The molecule has 1 aliphatic carbocycles. The fraction of sp³-hybridized carbons (Fsp3) is 0.208. The van der Waals surface area contributed by atoms with Crippen molar-refractivity contribution in [3.63, 3.8) is 0 Å². The number of carbonyl (C=O) groups excluding carboxylic acids is 1. The maximum atomic E-state index is 14.7. The molecule has 0 N–H and O–H groups in total. The van der Waals surface area contributed by atoms with Crippen LogP contribution in [0, 0.1) is 12.7 Å². The second kappa shape index (κ2) is 7.88. The highest BCUT2D eigenvalue weighted by Crippen LogP contribution is 2.43. The third kappa shape index (κ3) is 3.49. The van der Waals surface area contributed by atoms with Crippen molar-refractivity contribution in [2.45, 2.75) is 25.9 Å². The van der Waals surface area contributed by atoms with Gasteiger partial charge in [0, 0.05) is 11.6 Å². The van der Waals surface area contributed by atoms with Gasteiger partial charge in [-0.05, 0) is 48.1 Å². The number of halogens is 2. The Labute approximate surface area is 174 Å². The molecule has 5 heteroatoms. The van der Waals surface area contributed by atoms with Gasteiger partial charge in [-0.2, -0.15) is 0 Å². The Morgan fingerprint density at radius 2 is 1.86 bits per heavy atom. The van der Waals surface area contributed by atoms with Crippen LogP contribution >= 0.6 is 11.6 Å². The van der Waals surface area contributed by atoms with Gasteiger partial charge in [-0.1, -0.05) is 48.0 Å². The number of methoxy groups -OCH3 is 1. The first-order valence-electron chi connectivity index (χ1n) is 9.40. The number of benzene rings is 3. The molecule has 3 aromatic rings. The van der Waals surface area contributed by atoms with E-state index in [4.69, 9.17) is 21.1 Å². The third-order valence-corrected chi connectivity index (χ3v) is 5.67. The van der Waals surface area contributed by atoms with E-state index in [0.29, 0.717) is 39.5 Å². The Balaban J connectivity index is 1.71. The maximum absolute atomic E-state index is 14.7. The Morgan fingerprint density at radius 3 is 2.62 bits per heavy atom. The number of fused-ring (bicyclic) bond motifs is 1. The molecular weight excluding hydrogens is 391 g/mol. The lowest BCUT2D eigenvalue weighted by Gasteiger charge is -2.18. The quantitative estimate of drug-likeness (QED) is 0.460. The summed E-state index contributed by atoms with van der Waals surface area (Å²) in [5.74, 6) is 0.676. The molecule has 0 unspecified atom stereocenters. The van der Waals surface area contributed by atoms with Crippen molar-refractivity contribution in [1.82, 2.24) is 0 Å². The minimum Gasteiger partial charge on any atom is -0.496 e. The van der Waals surface area contributed by atoms with E-state index in [1.807, 2.05) is 30.3 Å². The van der Waals surface area contributed by atoms with Crippen LogP contribution in [0.2, 0.25) is 5.02 Å². The van der Waals surface area contributed by atoms with Crippen molar-refractivity contribution < 1.29 is 18.7 Å². The molecule has 148 valence electrons. The summed E-state index contributed by atoms with van der Waals surface area (Å²) in [5.41, 5.74) is 4.62. The molecule has 0 aliphatic heterocycles. The highest BCUT2D eigenvalue weighted by atomic mass is 35.5. The zero-order valence-electron chi connectivity index (χ0n) is 16.2. The van der Waals surface area contributed by atoms with Gasteiger partial charge in [0.2, 0.25) is 0 Å².